The van der Waals surface area contributed by atoms with Crippen molar-refractivity contribution in [3.63, 3.8) is 0 Å². The van der Waals surface area contributed by atoms with E-state index in [2.05, 4.69) is 0 Å². The maximum Gasteiger partial charge on any atom is 0.166 e. The van der Waals surface area contributed by atoms with Crippen LogP contribution in [0.15, 0.2) is 12.1 Å². The van der Waals surface area contributed by atoms with Gasteiger partial charge < -0.3 is 10.8 Å². The minimum absolute atomic E-state index is 0. The predicted octanol–water partition coefficient (Wildman–Crippen LogP) is 1.46. The zero-order valence-electron chi connectivity index (χ0n) is 6.05. The van der Waals surface area contributed by atoms with E-state index in [0.29, 0.717) is 0 Å². The van der Waals surface area contributed by atoms with Crippen molar-refractivity contribution >= 4 is 18.1 Å². The van der Waals surface area contributed by atoms with Crippen molar-refractivity contribution in [1.82, 2.24) is 0 Å². The van der Waals surface area contributed by atoms with Crippen molar-refractivity contribution in [2.24, 2.45) is 0 Å². The molecule has 0 aliphatic heterocycles. The van der Waals surface area contributed by atoms with E-state index in [4.69, 9.17) is 10.8 Å². The van der Waals surface area contributed by atoms with Gasteiger partial charge in [0, 0.05) is 11.3 Å². The van der Waals surface area contributed by atoms with Crippen LogP contribution in [0.2, 0.25) is 0 Å². The van der Waals surface area contributed by atoms with E-state index in [9.17, 15) is 8.78 Å². The third-order valence-electron chi connectivity index (χ3n) is 1.39. The summed E-state index contributed by atoms with van der Waals surface area (Å²) in [6, 6.07) is 2.13. The molecule has 12 heavy (non-hydrogen) atoms. The Morgan fingerprint density at radius 1 is 1.33 bits per heavy atom. The number of hydrogen-bond donors (Lipinski definition) is 2. The summed E-state index contributed by atoms with van der Waals surface area (Å²) in [5.41, 5.74) is 5.11. The number of aliphatic hydroxyl groups excluding tert-OH is 1. The normalized spacial score (nSPS) is 9.25. The average Bonchev–Trinajstić information content (AvgIpc) is 1.99. The smallest absolute Gasteiger partial charge is 0.166 e. The molecule has 0 heterocycles. The second-order valence-corrected chi connectivity index (χ2v) is 2.09. The molecule has 68 valence electrons. The van der Waals surface area contributed by atoms with Crippen LogP contribution in [0.3, 0.4) is 0 Å². The summed E-state index contributed by atoms with van der Waals surface area (Å²) in [5, 5.41) is 8.54. The lowest BCUT2D eigenvalue weighted by Crippen LogP contribution is -2.00. The number of benzene rings is 1. The van der Waals surface area contributed by atoms with E-state index >= 15 is 0 Å². The van der Waals surface area contributed by atoms with Gasteiger partial charge in [0.25, 0.3) is 0 Å². The Balaban J connectivity index is 0.00000121. The number of anilines is 1. The number of rotatable bonds is 1. The molecule has 3 N–H and O–H groups in total. The largest absolute Gasteiger partial charge is 0.398 e. The SMILES string of the molecule is Cl.Nc1ccc(F)c(F)c1CO. The number of hydrogen-bond acceptors (Lipinski definition) is 2. The van der Waals surface area contributed by atoms with E-state index in [0.717, 1.165) is 6.07 Å². The average molecular weight is 196 g/mol. The van der Waals surface area contributed by atoms with Crippen molar-refractivity contribution in [1.29, 1.82) is 0 Å². The molecule has 0 unspecified atom stereocenters. The maximum atomic E-state index is 12.6. The highest BCUT2D eigenvalue weighted by atomic mass is 35.5. The minimum Gasteiger partial charge on any atom is -0.398 e. The maximum absolute atomic E-state index is 12.6. The summed E-state index contributed by atoms with van der Waals surface area (Å²) < 4.78 is 25.1. The summed E-state index contributed by atoms with van der Waals surface area (Å²) in [6.45, 7) is -0.588. The van der Waals surface area contributed by atoms with Crippen molar-refractivity contribution < 1.29 is 13.9 Å². The summed E-state index contributed by atoms with van der Waals surface area (Å²) in [4.78, 5) is 0. The van der Waals surface area contributed by atoms with E-state index in [1.807, 2.05) is 0 Å². The van der Waals surface area contributed by atoms with Crippen LogP contribution in [0, 0.1) is 11.6 Å². The molecule has 0 atom stereocenters. The highest BCUT2D eigenvalue weighted by molar-refractivity contribution is 5.85. The molecule has 1 aromatic rings. The van der Waals surface area contributed by atoms with Gasteiger partial charge in [-0.1, -0.05) is 0 Å². The molecule has 1 aromatic carbocycles. The van der Waals surface area contributed by atoms with E-state index in [-0.39, 0.29) is 23.7 Å². The molecule has 1 rings (SSSR count). The molecular weight excluding hydrogens is 188 g/mol. The van der Waals surface area contributed by atoms with Crippen LogP contribution in [0.4, 0.5) is 14.5 Å². The van der Waals surface area contributed by atoms with Gasteiger partial charge in [-0.25, -0.2) is 8.78 Å². The van der Waals surface area contributed by atoms with Crippen molar-refractivity contribution in [2.75, 3.05) is 5.73 Å². The van der Waals surface area contributed by atoms with Crippen molar-refractivity contribution in [2.45, 2.75) is 6.61 Å². The zero-order chi connectivity index (χ0) is 8.43. The lowest BCUT2D eigenvalue weighted by atomic mass is 10.2. The second-order valence-electron chi connectivity index (χ2n) is 2.09. The molecule has 0 aliphatic rings. The monoisotopic (exact) mass is 195 g/mol. The fraction of sp³-hybridized carbons (Fsp3) is 0.143. The summed E-state index contributed by atoms with van der Waals surface area (Å²) >= 11 is 0. The van der Waals surface area contributed by atoms with Crippen LogP contribution >= 0.6 is 12.4 Å². The molecule has 0 saturated heterocycles. The molecule has 5 heteroatoms. The molecule has 2 nitrogen and oxygen atoms in total. The van der Waals surface area contributed by atoms with Gasteiger partial charge in [0.1, 0.15) is 0 Å². The van der Waals surface area contributed by atoms with E-state index < -0.39 is 18.2 Å². The van der Waals surface area contributed by atoms with Crippen LogP contribution in [-0.4, -0.2) is 5.11 Å². The van der Waals surface area contributed by atoms with Crippen LogP contribution < -0.4 is 5.73 Å². The number of nitrogen functional groups attached to an aromatic ring is 1. The molecule has 0 aliphatic carbocycles. The highest BCUT2D eigenvalue weighted by Gasteiger charge is 2.09. The second kappa shape index (κ2) is 4.23. The van der Waals surface area contributed by atoms with Crippen LogP contribution in [0.5, 0.6) is 0 Å². The number of nitrogens with two attached hydrogens (primary N) is 1. The molecule has 0 radical (unpaired) electrons. The van der Waals surface area contributed by atoms with Gasteiger partial charge in [-0.05, 0) is 12.1 Å². The Morgan fingerprint density at radius 2 is 1.92 bits per heavy atom. The van der Waals surface area contributed by atoms with Gasteiger partial charge in [0.05, 0.1) is 6.61 Å². The van der Waals surface area contributed by atoms with Crippen LogP contribution in [-0.2, 0) is 6.61 Å². The van der Waals surface area contributed by atoms with Crippen LogP contribution in [0.1, 0.15) is 5.56 Å². The fourth-order valence-electron chi connectivity index (χ4n) is 0.768. The topological polar surface area (TPSA) is 46.2 Å². The summed E-state index contributed by atoms with van der Waals surface area (Å²) in [6.07, 6.45) is 0. The highest BCUT2D eigenvalue weighted by Crippen LogP contribution is 2.18. The predicted molar refractivity (Wildman–Crippen MR) is 43.9 cm³/mol. The minimum atomic E-state index is -1.08. The standard InChI is InChI=1S/C7H7F2NO.ClH/c8-5-1-2-6(10)4(3-11)7(5)9;/h1-2,11H,3,10H2;1H. The summed E-state index contributed by atoms with van der Waals surface area (Å²) in [5.74, 6) is -2.07. The molecule has 0 aromatic heterocycles. The molecule has 0 amide bonds. The van der Waals surface area contributed by atoms with E-state index in [1.54, 1.807) is 0 Å². The third kappa shape index (κ3) is 1.84. The molecule has 0 spiro atoms. The van der Waals surface area contributed by atoms with Crippen LogP contribution in [0.25, 0.3) is 0 Å². The van der Waals surface area contributed by atoms with Gasteiger partial charge in [0.15, 0.2) is 11.6 Å². The van der Waals surface area contributed by atoms with Gasteiger partial charge in [-0.3, -0.25) is 0 Å². The fourth-order valence-corrected chi connectivity index (χ4v) is 0.768. The van der Waals surface area contributed by atoms with Crippen molar-refractivity contribution in [3.8, 4) is 0 Å². The Bertz CT molecular complexity index is 280. The van der Waals surface area contributed by atoms with Gasteiger partial charge in [0.2, 0.25) is 0 Å². The molecule has 0 fully saturated rings. The first kappa shape index (κ1) is 11.1. The first-order valence-corrected chi connectivity index (χ1v) is 3.00. The molecular formula is C7H8ClF2NO. The van der Waals surface area contributed by atoms with Crippen molar-refractivity contribution in [3.05, 3.63) is 29.3 Å². The number of aliphatic hydroxyl groups is 1. The lowest BCUT2D eigenvalue weighted by Gasteiger charge is -2.02. The lowest BCUT2D eigenvalue weighted by molar-refractivity contribution is 0.274. The van der Waals surface area contributed by atoms with Gasteiger partial charge >= 0.3 is 0 Å². The Morgan fingerprint density at radius 3 is 2.33 bits per heavy atom. The first-order valence-electron chi connectivity index (χ1n) is 3.00. The molecule has 0 saturated carbocycles. The Labute approximate surface area is 74.4 Å². The first-order chi connectivity index (χ1) is 5.16. The Kier molecular flexibility index (Phi) is 3.92. The van der Waals surface area contributed by atoms with E-state index in [1.165, 1.54) is 6.07 Å². The Hall–Kier alpha value is -0.870. The van der Waals surface area contributed by atoms with Gasteiger partial charge in [-0.15, -0.1) is 12.4 Å². The quantitative estimate of drug-likeness (QED) is 0.667. The zero-order valence-corrected chi connectivity index (χ0v) is 6.87. The number of halogens is 3. The summed E-state index contributed by atoms with van der Waals surface area (Å²) in [7, 11) is 0. The molecule has 0 bridgehead atoms. The van der Waals surface area contributed by atoms with Gasteiger partial charge in [-0.2, -0.15) is 0 Å². The third-order valence-corrected chi connectivity index (χ3v) is 1.39.